The smallest absolute Gasteiger partial charge is 0.208 e. The van der Waals surface area contributed by atoms with Gasteiger partial charge < -0.3 is 14.1 Å². The van der Waals surface area contributed by atoms with Gasteiger partial charge in [-0.1, -0.05) is 0 Å². The highest BCUT2D eigenvalue weighted by molar-refractivity contribution is 4.95. The van der Waals surface area contributed by atoms with Gasteiger partial charge in [-0.05, 0) is 39.3 Å². The summed E-state index contributed by atoms with van der Waals surface area (Å²) >= 11 is 0. The molecule has 2 fully saturated rings. The Morgan fingerprint density at radius 3 is 2.85 bits per heavy atom. The Kier molecular flexibility index (Phi) is 4.38. The number of hydrogen-bond acceptors (Lipinski definition) is 5. The van der Waals surface area contributed by atoms with E-state index in [0.29, 0.717) is 12.1 Å². The number of rotatable bonds is 5. The third-order valence-electron chi connectivity index (χ3n) is 4.50. The lowest BCUT2D eigenvalue weighted by Gasteiger charge is -2.27. The average Bonchev–Trinajstić information content (AvgIpc) is 3.14. The molecule has 0 aromatic carbocycles. The Bertz CT molecular complexity index is 429. The summed E-state index contributed by atoms with van der Waals surface area (Å²) in [5.41, 5.74) is 0. The van der Waals surface area contributed by atoms with Gasteiger partial charge >= 0.3 is 0 Å². The van der Waals surface area contributed by atoms with Gasteiger partial charge in [0.15, 0.2) is 0 Å². The van der Waals surface area contributed by atoms with Crippen molar-refractivity contribution in [2.75, 3.05) is 33.3 Å². The predicted molar refractivity (Wildman–Crippen MR) is 76.5 cm³/mol. The third kappa shape index (κ3) is 3.22. The topological polar surface area (TPSA) is 41.7 Å². The van der Waals surface area contributed by atoms with Gasteiger partial charge in [-0.15, -0.1) is 0 Å². The van der Waals surface area contributed by atoms with Gasteiger partial charge in [-0.25, -0.2) is 4.98 Å². The van der Waals surface area contributed by atoms with Crippen LogP contribution in [0.5, 0.6) is 0 Å². The van der Waals surface area contributed by atoms with Crippen molar-refractivity contribution in [1.82, 2.24) is 14.8 Å². The van der Waals surface area contributed by atoms with Gasteiger partial charge in [0.05, 0.1) is 18.8 Å². The molecule has 0 radical (unpaired) electrons. The quantitative estimate of drug-likeness (QED) is 0.820. The molecule has 3 rings (SSSR count). The molecular weight excluding hydrogens is 254 g/mol. The van der Waals surface area contributed by atoms with Gasteiger partial charge in [-0.2, -0.15) is 0 Å². The molecule has 2 atom stereocenters. The second kappa shape index (κ2) is 6.24. The molecular formula is C15H25N3O2. The zero-order valence-corrected chi connectivity index (χ0v) is 12.5. The first-order valence-corrected chi connectivity index (χ1v) is 7.65. The summed E-state index contributed by atoms with van der Waals surface area (Å²) in [4.78, 5) is 9.38. The molecule has 2 aliphatic rings. The molecule has 2 saturated heterocycles. The van der Waals surface area contributed by atoms with E-state index in [1.54, 1.807) is 6.20 Å². The maximum Gasteiger partial charge on any atom is 0.208 e. The van der Waals surface area contributed by atoms with Gasteiger partial charge in [-0.3, -0.25) is 4.90 Å². The zero-order chi connectivity index (χ0) is 13.9. The summed E-state index contributed by atoms with van der Waals surface area (Å²) in [5, 5.41) is 0. The fourth-order valence-electron chi connectivity index (χ4n) is 3.40. The van der Waals surface area contributed by atoms with Crippen molar-refractivity contribution < 1.29 is 9.15 Å². The summed E-state index contributed by atoms with van der Waals surface area (Å²) in [7, 11) is 1.82. The number of hydrogen-bond donors (Lipinski definition) is 0. The Labute approximate surface area is 120 Å². The summed E-state index contributed by atoms with van der Waals surface area (Å²) in [6.45, 7) is 7.38. The Balaban J connectivity index is 1.62. The number of aryl methyl sites for hydroxylation is 1. The molecule has 0 amide bonds. The molecule has 0 saturated carbocycles. The van der Waals surface area contributed by atoms with Gasteiger partial charge in [0.2, 0.25) is 5.89 Å². The van der Waals surface area contributed by atoms with E-state index in [4.69, 9.17) is 9.15 Å². The summed E-state index contributed by atoms with van der Waals surface area (Å²) in [6.07, 6.45) is 5.96. The van der Waals surface area contributed by atoms with Crippen molar-refractivity contribution in [1.29, 1.82) is 0 Å². The van der Waals surface area contributed by atoms with Crippen LogP contribution in [0.1, 0.15) is 30.9 Å². The van der Waals surface area contributed by atoms with Crippen LogP contribution in [-0.4, -0.2) is 60.2 Å². The van der Waals surface area contributed by atoms with E-state index in [-0.39, 0.29) is 0 Å². The molecule has 5 heteroatoms. The Hall–Kier alpha value is -0.910. The predicted octanol–water partition coefficient (Wildman–Crippen LogP) is 1.67. The number of methoxy groups -OCH3 is 1. The van der Waals surface area contributed by atoms with E-state index in [1.807, 2.05) is 14.0 Å². The molecule has 0 N–H and O–H groups in total. The molecule has 2 aliphatic heterocycles. The molecule has 1 aromatic rings. The molecule has 0 unspecified atom stereocenters. The van der Waals surface area contributed by atoms with E-state index in [1.165, 1.54) is 25.9 Å². The fraction of sp³-hybridized carbons (Fsp3) is 0.800. The fourth-order valence-corrected chi connectivity index (χ4v) is 3.40. The second-order valence-electron chi connectivity index (χ2n) is 6.05. The van der Waals surface area contributed by atoms with Crippen molar-refractivity contribution in [3.05, 3.63) is 17.8 Å². The average molecular weight is 279 g/mol. The number of nitrogens with zero attached hydrogens (tertiary/aromatic N) is 3. The standard InChI is InChI=1S/C15H25N3O2/c1-12-8-16-15(20-12)11-18-10-14(19-2)7-13(18)9-17-5-3-4-6-17/h8,13-14H,3-7,9-11H2,1-2H3/t13-,14-/m0/s1. The van der Waals surface area contributed by atoms with E-state index >= 15 is 0 Å². The first-order chi connectivity index (χ1) is 9.74. The van der Waals surface area contributed by atoms with Crippen LogP contribution in [0.25, 0.3) is 0 Å². The van der Waals surface area contributed by atoms with E-state index in [0.717, 1.165) is 37.7 Å². The highest BCUT2D eigenvalue weighted by Crippen LogP contribution is 2.24. The van der Waals surface area contributed by atoms with E-state index < -0.39 is 0 Å². The summed E-state index contributed by atoms with van der Waals surface area (Å²) in [5.74, 6) is 1.71. The van der Waals surface area contributed by atoms with Crippen LogP contribution >= 0.6 is 0 Å². The SMILES string of the molecule is CO[C@H]1C[C@@H](CN2CCCC2)N(Cc2ncc(C)o2)C1. The van der Waals surface area contributed by atoms with Crippen molar-refractivity contribution in [3.8, 4) is 0 Å². The van der Waals surface area contributed by atoms with Gasteiger partial charge in [0, 0.05) is 26.2 Å². The minimum Gasteiger partial charge on any atom is -0.445 e. The number of ether oxygens (including phenoxy) is 1. The summed E-state index contributed by atoms with van der Waals surface area (Å²) in [6, 6.07) is 0.560. The van der Waals surface area contributed by atoms with Crippen molar-refractivity contribution in [2.45, 2.75) is 44.9 Å². The van der Waals surface area contributed by atoms with Crippen LogP contribution in [0.4, 0.5) is 0 Å². The van der Waals surface area contributed by atoms with E-state index in [9.17, 15) is 0 Å². The maximum absolute atomic E-state index is 5.63. The Morgan fingerprint density at radius 1 is 1.40 bits per heavy atom. The lowest BCUT2D eigenvalue weighted by atomic mass is 10.2. The first-order valence-electron chi connectivity index (χ1n) is 7.65. The lowest BCUT2D eigenvalue weighted by molar-refractivity contribution is 0.105. The van der Waals surface area contributed by atoms with Gasteiger partial charge in [0.25, 0.3) is 0 Å². The van der Waals surface area contributed by atoms with Crippen molar-refractivity contribution in [2.24, 2.45) is 0 Å². The minimum absolute atomic E-state index is 0.346. The second-order valence-corrected chi connectivity index (χ2v) is 6.05. The van der Waals surface area contributed by atoms with E-state index in [2.05, 4.69) is 14.8 Å². The monoisotopic (exact) mass is 279 g/mol. The third-order valence-corrected chi connectivity index (χ3v) is 4.50. The highest BCUT2D eigenvalue weighted by atomic mass is 16.5. The number of oxazole rings is 1. The largest absolute Gasteiger partial charge is 0.445 e. The molecule has 0 bridgehead atoms. The summed E-state index contributed by atoms with van der Waals surface area (Å²) < 4.78 is 11.2. The molecule has 3 heterocycles. The highest BCUT2D eigenvalue weighted by Gasteiger charge is 2.34. The first kappa shape index (κ1) is 14.0. The Morgan fingerprint density at radius 2 is 2.20 bits per heavy atom. The zero-order valence-electron chi connectivity index (χ0n) is 12.5. The van der Waals surface area contributed by atoms with Crippen LogP contribution in [0.2, 0.25) is 0 Å². The number of likely N-dealkylation sites (tertiary alicyclic amines) is 2. The van der Waals surface area contributed by atoms with Crippen LogP contribution in [-0.2, 0) is 11.3 Å². The molecule has 1 aromatic heterocycles. The van der Waals surface area contributed by atoms with Crippen LogP contribution < -0.4 is 0 Å². The molecule has 112 valence electrons. The molecule has 0 aliphatic carbocycles. The van der Waals surface area contributed by atoms with Crippen LogP contribution in [0.3, 0.4) is 0 Å². The van der Waals surface area contributed by atoms with Crippen LogP contribution in [0, 0.1) is 6.92 Å². The normalized spacial score (nSPS) is 28.5. The van der Waals surface area contributed by atoms with Crippen molar-refractivity contribution in [3.63, 3.8) is 0 Å². The van der Waals surface area contributed by atoms with Crippen LogP contribution in [0.15, 0.2) is 10.6 Å². The van der Waals surface area contributed by atoms with Crippen molar-refractivity contribution >= 4 is 0 Å². The molecule has 0 spiro atoms. The lowest BCUT2D eigenvalue weighted by Crippen LogP contribution is -2.39. The maximum atomic E-state index is 5.63. The number of aromatic nitrogens is 1. The molecule has 20 heavy (non-hydrogen) atoms. The molecule has 5 nitrogen and oxygen atoms in total. The van der Waals surface area contributed by atoms with Gasteiger partial charge in [0.1, 0.15) is 5.76 Å². The minimum atomic E-state index is 0.346.